The molecule has 0 saturated heterocycles. The Labute approximate surface area is 192 Å². The van der Waals surface area contributed by atoms with Crippen LogP contribution in [0, 0.1) is 0 Å². The third-order valence-corrected chi connectivity index (χ3v) is 7.64. The molecule has 7 aromatic rings. The third kappa shape index (κ3) is 2.27. The lowest BCUT2D eigenvalue weighted by Gasteiger charge is -2.20. The van der Waals surface area contributed by atoms with Gasteiger partial charge in [0, 0.05) is 36.9 Å². The summed E-state index contributed by atoms with van der Waals surface area (Å²) in [6.07, 6.45) is 1.75. The van der Waals surface area contributed by atoms with E-state index in [0.717, 1.165) is 44.2 Å². The maximum atomic E-state index is 5.70. The first-order valence-corrected chi connectivity index (χ1v) is 11.7. The van der Waals surface area contributed by atoms with Gasteiger partial charge in [0.25, 0.3) is 0 Å². The predicted molar refractivity (Wildman–Crippen MR) is 133 cm³/mol. The minimum Gasteiger partial charge on any atom is -0.464 e. The normalized spacial score (nSPS) is 12.7. The van der Waals surface area contributed by atoms with Crippen LogP contribution >= 0.6 is 11.8 Å². The van der Waals surface area contributed by atoms with E-state index in [0.29, 0.717) is 5.95 Å². The Bertz CT molecular complexity index is 1910. The lowest BCUT2D eigenvalue weighted by atomic mass is 10.1. The summed E-state index contributed by atoms with van der Waals surface area (Å²) in [6, 6.07) is 29.5. The summed E-state index contributed by atoms with van der Waals surface area (Å²) in [5.74, 6) is 0.686. The summed E-state index contributed by atoms with van der Waals surface area (Å²) >= 11 is 1.79. The van der Waals surface area contributed by atoms with Crippen LogP contribution in [0.15, 0.2) is 105 Å². The highest BCUT2D eigenvalue weighted by Gasteiger charge is 2.24. The first kappa shape index (κ1) is 17.5. The summed E-state index contributed by atoms with van der Waals surface area (Å²) < 4.78 is 7.89. The summed E-state index contributed by atoms with van der Waals surface area (Å²) in [7, 11) is 0. The summed E-state index contributed by atoms with van der Waals surface area (Å²) in [4.78, 5) is 12.7. The van der Waals surface area contributed by atoms with E-state index < -0.39 is 0 Å². The van der Waals surface area contributed by atoms with Gasteiger partial charge in [0.2, 0.25) is 5.95 Å². The Morgan fingerprint density at radius 1 is 0.667 bits per heavy atom. The minimum absolute atomic E-state index is 0.686. The number of benzene rings is 4. The van der Waals surface area contributed by atoms with Crippen LogP contribution in [0.1, 0.15) is 0 Å². The molecule has 4 aromatic carbocycles. The second kappa shape index (κ2) is 6.24. The van der Waals surface area contributed by atoms with Gasteiger partial charge < -0.3 is 4.42 Å². The van der Waals surface area contributed by atoms with Crippen LogP contribution in [-0.2, 0) is 0 Å². The quantitative estimate of drug-likeness (QED) is 0.263. The van der Waals surface area contributed by atoms with Gasteiger partial charge in [0.1, 0.15) is 5.58 Å². The Morgan fingerprint density at radius 2 is 1.55 bits per heavy atom. The van der Waals surface area contributed by atoms with E-state index in [1.165, 1.54) is 20.6 Å². The van der Waals surface area contributed by atoms with Crippen molar-refractivity contribution < 1.29 is 4.42 Å². The largest absolute Gasteiger partial charge is 0.464 e. The van der Waals surface area contributed by atoms with E-state index in [1.54, 1.807) is 18.0 Å². The van der Waals surface area contributed by atoms with E-state index >= 15 is 0 Å². The maximum absolute atomic E-state index is 5.70. The van der Waals surface area contributed by atoms with Gasteiger partial charge in [0.05, 0.1) is 28.5 Å². The molecule has 154 valence electrons. The second-order valence-corrected chi connectivity index (χ2v) is 9.35. The highest BCUT2D eigenvalue weighted by atomic mass is 32.2. The highest BCUT2D eigenvalue weighted by molar-refractivity contribution is 7.99. The number of furan rings is 1. The first-order valence-electron chi connectivity index (χ1n) is 10.8. The van der Waals surface area contributed by atoms with Crippen molar-refractivity contribution in [2.75, 3.05) is 0 Å². The zero-order chi connectivity index (χ0) is 21.5. The average molecular weight is 442 g/mol. The number of para-hydroxylation sites is 1. The number of fused-ring (bicyclic) bond motifs is 7. The van der Waals surface area contributed by atoms with Crippen molar-refractivity contribution >= 4 is 55.4 Å². The van der Waals surface area contributed by atoms with E-state index in [4.69, 9.17) is 14.4 Å². The molecule has 3 aromatic heterocycles. The molecule has 0 amide bonds. The lowest BCUT2D eigenvalue weighted by molar-refractivity contribution is 0.616. The molecule has 0 N–H and O–H groups in total. The van der Waals surface area contributed by atoms with Crippen molar-refractivity contribution in [1.82, 2.24) is 14.5 Å². The first-order chi connectivity index (χ1) is 16.4. The van der Waals surface area contributed by atoms with Crippen LogP contribution in [0.5, 0.6) is 0 Å². The fraction of sp³-hybridized carbons (Fsp3) is 0. The van der Waals surface area contributed by atoms with Crippen molar-refractivity contribution in [3.63, 3.8) is 0 Å². The van der Waals surface area contributed by atoms with E-state index in [1.807, 2.05) is 12.1 Å². The minimum atomic E-state index is 0.686. The van der Waals surface area contributed by atoms with E-state index in [2.05, 4.69) is 77.4 Å². The zero-order valence-electron chi connectivity index (χ0n) is 17.3. The van der Waals surface area contributed by atoms with Gasteiger partial charge in [-0.1, -0.05) is 54.2 Å². The molecule has 0 unspecified atom stereocenters. The molecule has 0 aliphatic carbocycles. The van der Waals surface area contributed by atoms with Crippen LogP contribution in [0.25, 0.3) is 60.9 Å². The van der Waals surface area contributed by atoms with Gasteiger partial charge in [0.15, 0.2) is 0 Å². The fourth-order valence-electron chi connectivity index (χ4n) is 5.12. The Balaban J connectivity index is 1.55. The second-order valence-electron chi connectivity index (χ2n) is 8.27. The van der Waals surface area contributed by atoms with Gasteiger partial charge in [-0.05, 0) is 42.5 Å². The molecule has 1 aliphatic rings. The number of rotatable bonds is 1. The molecular formula is C28H15N3OS. The standard InChI is InChI=1S/C28H15N3OS/c1-3-9-20-16(6-1)25-17-14-15-32-22(17)13-12-21(25)31(20)28-29-19-8-5-11-24-26(19)27(30-28)18-7-2-4-10-23(18)33-24/h1-15H. The summed E-state index contributed by atoms with van der Waals surface area (Å²) in [5.41, 5.74) is 6.16. The fourth-order valence-corrected chi connectivity index (χ4v) is 6.22. The number of nitrogens with zero attached hydrogens (tertiary/aromatic N) is 3. The lowest BCUT2D eigenvalue weighted by Crippen LogP contribution is -2.05. The summed E-state index contributed by atoms with van der Waals surface area (Å²) in [5, 5.41) is 4.57. The molecule has 0 fully saturated rings. The van der Waals surface area contributed by atoms with Gasteiger partial charge in [-0.2, -0.15) is 0 Å². The molecule has 0 bridgehead atoms. The van der Waals surface area contributed by atoms with Gasteiger partial charge in [-0.3, -0.25) is 4.57 Å². The number of hydrogen-bond acceptors (Lipinski definition) is 4. The van der Waals surface area contributed by atoms with Crippen molar-refractivity contribution in [1.29, 1.82) is 0 Å². The van der Waals surface area contributed by atoms with Crippen LogP contribution in [-0.4, -0.2) is 14.5 Å². The average Bonchev–Trinajstić information content (AvgIpc) is 3.46. The molecule has 1 aliphatic heterocycles. The molecule has 8 rings (SSSR count). The van der Waals surface area contributed by atoms with Gasteiger partial charge in [-0.15, -0.1) is 0 Å². The molecular weight excluding hydrogens is 426 g/mol. The van der Waals surface area contributed by atoms with Gasteiger partial charge >= 0.3 is 0 Å². The van der Waals surface area contributed by atoms with E-state index in [-0.39, 0.29) is 0 Å². The Kier molecular flexibility index (Phi) is 3.30. The predicted octanol–water partition coefficient (Wildman–Crippen LogP) is 7.60. The van der Waals surface area contributed by atoms with Crippen molar-refractivity contribution in [2.45, 2.75) is 9.79 Å². The molecule has 4 heterocycles. The zero-order valence-corrected chi connectivity index (χ0v) is 18.1. The smallest absolute Gasteiger partial charge is 0.235 e. The summed E-state index contributed by atoms with van der Waals surface area (Å²) in [6.45, 7) is 0. The van der Waals surface area contributed by atoms with Crippen molar-refractivity contribution in [2.24, 2.45) is 0 Å². The molecule has 33 heavy (non-hydrogen) atoms. The van der Waals surface area contributed by atoms with Crippen LogP contribution < -0.4 is 0 Å². The van der Waals surface area contributed by atoms with Crippen LogP contribution in [0.2, 0.25) is 0 Å². The molecule has 4 nitrogen and oxygen atoms in total. The Morgan fingerprint density at radius 3 is 2.55 bits per heavy atom. The van der Waals surface area contributed by atoms with Crippen LogP contribution in [0.4, 0.5) is 0 Å². The molecule has 5 heteroatoms. The van der Waals surface area contributed by atoms with Crippen LogP contribution in [0.3, 0.4) is 0 Å². The van der Waals surface area contributed by atoms with Crippen molar-refractivity contribution in [3.05, 3.63) is 91.2 Å². The molecule has 0 radical (unpaired) electrons. The van der Waals surface area contributed by atoms with Crippen molar-refractivity contribution in [3.8, 4) is 17.2 Å². The van der Waals surface area contributed by atoms with Gasteiger partial charge in [-0.25, -0.2) is 9.97 Å². The van der Waals surface area contributed by atoms with E-state index in [9.17, 15) is 0 Å². The topological polar surface area (TPSA) is 43.9 Å². The number of hydrogen-bond donors (Lipinski definition) is 0. The molecule has 0 saturated carbocycles. The third-order valence-electron chi connectivity index (χ3n) is 6.50. The monoisotopic (exact) mass is 441 g/mol. The number of aromatic nitrogens is 3. The maximum Gasteiger partial charge on any atom is 0.235 e. The molecule has 0 atom stereocenters. The molecule has 0 spiro atoms. The highest BCUT2D eigenvalue weighted by Crippen LogP contribution is 2.47. The SMILES string of the molecule is c1ccc2c(c1)Sc1cccc3nc(-n4c5ccccc5c5c6ccoc6ccc54)nc-2c13. The Hall–Kier alpha value is -4.09.